The molecule has 568 valence electrons. The van der Waals surface area contributed by atoms with E-state index >= 15 is 0 Å². The largest absolute Gasteiger partial charge is 0.472 e. The van der Waals surface area contributed by atoms with Gasteiger partial charge in [0.15, 0.2) is 12.2 Å². The molecule has 3 N–H and O–H groups in total. The van der Waals surface area contributed by atoms with E-state index in [0.29, 0.717) is 25.7 Å². The van der Waals surface area contributed by atoms with Gasteiger partial charge in [-0.1, -0.05) is 273 Å². The van der Waals surface area contributed by atoms with Gasteiger partial charge in [-0.25, -0.2) is 9.13 Å². The summed E-state index contributed by atoms with van der Waals surface area (Å²) < 4.78 is 68.5. The van der Waals surface area contributed by atoms with Crippen LogP contribution in [-0.4, -0.2) is 96.7 Å². The van der Waals surface area contributed by atoms with Crippen molar-refractivity contribution >= 4 is 39.5 Å². The summed E-state index contributed by atoms with van der Waals surface area (Å²) in [6.07, 6.45) is 72.8. The molecule has 17 nitrogen and oxygen atoms in total. The number of ether oxygens (including phenoxy) is 4. The highest BCUT2D eigenvalue weighted by molar-refractivity contribution is 7.47. The Kier molecular flexibility index (Phi) is 68.9. The molecule has 0 rings (SSSR count). The van der Waals surface area contributed by atoms with Crippen molar-refractivity contribution in [1.29, 1.82) is 0 Å². The van der Waals surface area contributed by atoms with Gasteiger partial charge in [-0.3, -0.25) is 37.3 Å². The monoisotopic (exact) mass is 1420 g/mol. The predicted molar refractivity (Wildman–Crippen MR) is 399 cm³/mol. The molecule has 0 amide bonds. The molecular formula is C79H140O17P2. The van der Waals surface area contributed by atoms with Crippen molar-refractivity contribution in [2.75, 3.05) is 39.6 Å². The number of aliphatic hydroxyl groups excluding tert-OH is 1. The molecule has 0 aromatic rings. The molecule has 0 saturated carbocycles. The first-order valence-electron chi connectivity index (χ1n) is 38.8. The van der Waals surface area contributed by atoms with E-state index in [1.54, 1.807) is 0 Å². The minimum Gasteiger partial charge on any atom is -0.462 e. The molecule has 0 fully saturated rings. The summed E-state index contributed by atoms with van der Waals surface area (Å²) in [7, 11) is -9.95. The normalized spacial score (nSPS) is 14.4. The maximum absolute atomic E-state index is 13.1. The number of aliphatic hydroxyl groups is 1. The SMILES string of the molecule is CC/C=C\C/C=C\C/C=C\C/C=C\C/C=C\CCCCCC(=O)OCC(COP(=O)(O)OCC(O)COP(=O)(O)OCC(COC(=O)CCCCCCC/C=C\CCCCCC)OC(=O)CCCCCCCCCCCCCCC)OC(=O)CCCCCCC/C=C\CCCCCC. The standard InChI is InChI=1S/C79H140O17P2/c1-5-9-13-17-21-25-29-33-34-35-36-37-38-42-44-48-52-56-60-64-77(82)90-70-75(96-79(84)66-62-58-54-50-46-41-32-28-24-20-16-12-8-4)72-94-98(87,88)92-68-73(80)67-91-97(85,86)93-71-74(95-78(83)65-61-57-53-49-45-40-31-27-23-19-15-11-7-3)69-89-76(81)63-59-55-51-47-43-39-30-26-22-18-14-10-6-2/h9,13,21,25-26,28,30,32-34,36-37,42,44,73-75,80H,5-8,10-12,14-20,22-24,27,29,31,35,38-41,43,45-72H2,1-4H3,(H,85,86)(H,87,88)/b13-9-,25-21-,30-26-,32-28-,34-33-,37-36-,44-42-. The van der Waals surface area contributed by atoms with Gasteiger partial charge in [-0.2, -0.15) is 0 Å². The van der Waals surface area contributed by atoms with E-state index in [-0.39, 0.29) is 25.7 Å². The number of rotatable bonds is 73. The first kappa shape index (κ1) is 94.2. The second-order valence-corrected chi connectivity index (χ2v) is 28.8. The summed E-state index contributed by atoms with van der Waals surface area (Å²) in [5.41, 5.74) is 0. The molecule has 5 atom stereocenters. The van der Waals surface area contributed by atoms with E-state index < -0.39 is 97.5 Å². The van der Waals surface area contributed by atoms with Crippen LogP contribution in [0.4, 0.5) is 0 Å². The molecule has 0 saturated heterocycles. The van der Waals surface area contributed by atoms with Crippen molar-refractivity contribution in [2.24, 2.45) is 0 Å². The van der Waals surface area contributed by atoms with Crippen LogP contribution in [0, 0.1) is 0 Å². The Morgan fingerprint density at radius 2 is 0.531 bits per heavy atom. The van der Waals surface area contributed by atoms with Gasteiger partial charge in [0, 0.05) is 25.7 Å². The van der Waals surface area contributed by atoms with Crippen LogP contribution in [0.25, 0.3) is 0 Å². The topological polar surface area (TPSA) is 237 Å². The Hall–Kier alpha value is -3.76. The van der Waals surface area contributed by atoms with Crippen molar-refractivity contribution in [3.05, 3.63) is 85.1 Å². The quantitative estimate of drug-likeness (QED) is 0.0169. The Bertz CT molecular complexity index is 2190. The number of unbranched alkanes of at least 4 members (excludes halogenated alkanes) is 33. The van der Waals surface area contributed by atoms with Crippen molar-refractivity contribution in [3.63, 3.8) is 0 Å². The first-order valence-corrected chi connectivity index (χ1v) is 41.8. The van der Waals surface area contributed by atoms with Gasteiger partial charge in [-0.05, 0) is 122 Å². The number of esters is 4. The molecule has 0 aromatic carbocycles. The fraction of sp³-hybridized carbons (Fsp3) is 0.772. The number of phosphoric ester groups is 2. The van der Waals surface area contributed by atoms with Crippen molar-refractivity contribution < 1.29 is 80.2 Å². The van der Waals surface area contributed by atoms with Crippen LogP contribution in [0.2, 0.25) is 0 Å². The van der Waals surface area contributed by atoms with Crippen molar-refractivity contribution in [1.82, 2.24) is 0 Å². The molecule has 0 aliphatic rings. The maximum atomic E-state index is 13.1. The third-order valence-electron chi connectivity index (χ3n) is 16.3. The van der Waals surface area contributed by atoms with Crippen LogP contribution < -0.4 is 0 Å². The predicted octanol–water partition coefficient (Wildman–Crippen LogP) is 22.2. The summed E-state index contributed by atoms with van der Waals surface area (Å²) >= 11 is 0. The lowest BCUT2D eigenvalue weighted by molar-refractivity contribution is -0.161. The lowest BCUT2D eigenvalue weighted by Gasteiger charge is -2.21. The Balaban J connectivity index is 5.35. The molecule has 0 aliphatic carbocycles. The number of carbonyl (C=O) groups is 4. The Morgan fingerprint density at radius 1 is 0.296 bits per heavy atom. The smallest absolute Gasteiger partial charge is 0.462 e. The second kappa shape index (κ2) is 71.6. The summed E-state index contributed by atoms with van der Waals surface area (Å²) in [4.78, 5) is 72.8. The molecule has 98 heavy (non-hydrogen) atoms. The summed E-state index contributed by atoms with van der Waals surface area (Å²) in [6.45, 7) is 4.71. The van der Waals surface area contributed by atoms with E-state index in [1.807, 2.05) is 0 Å². The number of hydrogen-bond donors (Lipinski definition) is 3. The van der Waals surface area contributed by atoms with Gasteiger partial charge in [0.1, 0.15) is 19.3 Å². The second-order valence-electron chi connectivity index (χ2n) is 25.9. The van der Waals surface area contributed by atoms with E-state index in [9.17, 15) is 43.2 Å². The number of hydrogen-bond acceptors (Lipinski definition) is 15. The molecule has 0 aromatic heterocycles. The zero-order chi connectivity index (χ0) is 71.8. The van der Waals surface area contributed by atoms with Gasteiger partial charge in [-0.15, -0.1) is 0 Å². The third kappa shape index (κ3) is 70.7. The average Bonchev–Trinajstić information content (AvgIpc) is 0.966. The number of allylic oxidation sites excluding steroid dienone is 14. The molecule has 0 spiro atoms. The van der Waals surface area contributed by atoms with Crippen LogP contribution in [0.3, 0.4) is 0 Å². The lowest BCUT2D eigenvalue weighted by atomic mass is 10.0. The molecule has 0 bridgehead atoms. The van der Waals surface area contributed by atoms with Gasteiger partial charge in [0.25, 0.3) is 0 Å². The maximum Gasteiger partial charge on any atom is 0.472 e. The summed E-state index contributed by atoms with van der Waals surface area (Å²) in [6, 6.07) is 0. The first-order chi connectivity index (χ1) is 47.7. The van der Waals surface area contributed by atoms with Gasteiger partial charge in [0.05, 0.1) is 26.4 Å². The van der Waals surface area contributed by atoms with Crippen LogP contribution >= 0.6 is 15.6 Å². The molecule has 0 aliphatic heterocycles. The highest BCUT2D eigenvalue weighted by Crippen LogP contribution is 2.45. The minimum atomic E-state index is -4.98. The van der Waals surface area contributed by atoms with Crippen molar-refractivity contribution in [3.8, 4) is 0 Å². The zero-order valence-corrected chi connectivity index (χ0v) is 63.7. The summed E-state index contributed by atoms with van der Waals surface area (Å²) in [5, 5.41) is 10.6. The summed E-state index contributed by atoms with van der Waals surface area (Å²) in [5.74, 6) is -2.21. The fourth-order valence-corrected chi connectivity index (χ4v) is 12.0. The Labute approximate surface area is 595 Å². The number of carbonyl (C=O) groups excluding carboxylic acids is 4. The molecule has 0 radical (unpaired) electrons. The molecule has 0 heterocycles. The molecule has 5 unspecified atom stereocenters. The van der Waals surface area contributed by atoms with E-state index in [2.05, 4.69) is 113 Å². The number of phosphoric acid groups is 2. The van der Waals surface area contributed by atoms with E-state index in [1.165, 1.54) is 103 Å². The van der Waals surface area contributed by atoms with Crippen LogP contribution in [-0.2, 0) is 65.4 Å². The Morgan fingerprint density at radius 3 is 0.847 bits per heavy atom. The van der Waals surface area contributed by atoms with Gasteiger partial charge < -0.3 is 33.8 Å². The fourth-order valence-electron chi connectivity index (χ4n) is 10.4. The van der Waals surface area contributed by atoms with Crippen LogP contribution in [0.1, 0.15) is 336 Å². The molecular weight excluding hydrogens is 1280 g/mol. The van der Waals surface area contributed by atoms with E-state index in [0.717, 1.165) is 154 Å². The van der Waals surface area contributed by atoms with Gasteiger partial charge in [0.2, 0.25) is 0 Å². The highest BCUT2D eigenvalue weighted by Gasteiger charge is 2.30. The third-order valence-corrected chi connectivity index (χ3v) is 18.2. The zero-order valence-electron chi connectivity index (χ0n) is 62.0. The highest BCUT2D eigenvalue weighted by atomic mass is 31.2. The van der Waals surface area contributed by atoms with Gasteiger partial charge >= 0.3 is 39.5 Å². The van der Waals surface area contributed by atoms with Crippen molar-refractivity contribution in [2.45, 2.75) is 354 Å². The average molecular weight is 1420 g/mol. The molecule has 19 heteroatoms. The van der Waals surface area contributed by atoms with E-state index in [4.69, 9.17) is 37.0 Å². The minimum absolute atomic E-state index is 0.0783. The lowest BCUT2D eigenvalue weighted by Crippen LogP contribution is -2.30. The van der Waals surface area contributed by atoms with Crippen LogP contribution in [0.5, 0.6) is 0 Å². The van der Waals surface area contributed by atoms with Crippen LogP contribution in [0.15, 0.2) is 85.1 Å².